The minimum Gasteiger partial charge on any atom is -0.496 e. The van der Waals surface area contributed by atoms with Crippen LogP contribution in [0.4, 0.5) is 0 Å². The van der Waals surface area contributed by atoms with Crippen molar-refractivity contribution in [3.05, 3.63) is 89.5 Å². The Morgan fingerprint density at radius 3 is 2.03 bits per heavy atom. The maximum atomic E-state index is 5.42. The van der Waals surface area contributed by atoms with E-state index in [1.165, 1.54) is 22.3 Å². The van der Waals surface area contributed by atoms with Crippen LogP contribution >= 0.6 is 0 Å². The first-order valence-corrected chi connectivity index (χ1v) is 10.2. The summed E-state index contributed by atoms with van der Waals surface area (Å²) in [7, 11) is 1.70. The summed E-state index contributed by atoms with van der Waals surface area (Å²) in [5.74, 6) is 0.856. The lowest BCUT2D eigenvalue weighted by Gasteiger charge is -2.37. The van der Waals surface area contributed by atoms with Crippen molar-refractivity contribution in [1.29, 1.82) is 0 Å². The Labute approximate surface area is 172 Å². The Morgan fingerprint density at radius 2 is 1.38 bits per heavy atom. The summed E-state index contributed by atoms with van der Waals surface area (Å²) in [5, 5.41) is 6.88. The monoisotopic (exact) mass is 383 g/mol. The molecule has 1 fully saturated rings. The van der Waals surface area contributed by atoms with Crippen molar-refractivity contribution < 1.29 is 4.74 Å². The molecule has 1 aliphatic heterocycles. The lowest BCUT2D eigenvalue weighted by atomic mass is 10.0. The van der Waals surface area contributed by atoms with Crippen molar-refractivity contribution >= 4 is 6.21 Å². The Morgan fingerprint density at radius 1 is 0.793 bits per heavy atom. The largest absolute Gasteiger partial charge is 0.496 e. The molecule has 0 atom stereocenters. The number of nitrogens with zero attached hydrogens (tertiary/aromatic N) is 3. The topological polar surface area (TPSA) is 28.1 Å². The molecule has 1 aliphatic carbocycles. The van der Waals surface area contributed by atoms with E-state index in [1.807, 2.05) is 30.5 Å². The van der Waals surface area contributed by atoms with E-state index >= 15 is 0 Å². The third kappa shape index (κ3) is 3.30. The van der Waals surface area contributed by atoms with Crippen LogP contribution in [0.5, 0.6) is 5.75 Å². The standard InChI is InChI=1S/C25H25N3O/c1-29-24-13-7-2-8-19(24)18-26-28-16-14-27(15-17-28)25-22-11-5-3-9-20(22)21-10-4-6-12-23(21)25/h2-13,18,25H,14-17H2,1H3/b26-18-. The number of hydrogen-bond donors (Lipinski definition) is 0. The highest BCUT2D eigenvalue weighted by Gasteiger charge is 2.33. The van der Waals surface area contributed by atoms with Gasteiger partial charge in [-0.3, -0.25) is 9.91 Å². The minimum atomic E-state index is 0.350. The van der Waals surface area contributed by atoms with E-state index in [1.54, 1.807) is 7.11 Å². The molecule has 0 unspecified atom stereocenters. The van der Waals surface area contributed by atoms with Gasteiger partial charge in [-0.2, -0.15) is 5.10 Å². The number of fused-ring (bicyclic) bond motifs is 3. The van der Waals surface area contributed by atoms with Crippen LogP contribution in [0.15, 0.2) is 77.9 Å². The van der Waals surface area contributed by atoms with Gasteiger partial charge in [-0.25, -0.2) is 0 Å². The Hall–Kier alpha value is -3.11. The molecule has 1 heterocycles. The zero-order valence-corrected chi connectivity index (χ0v) is 16.7. The average molecular weight is 383 g/mol. The second kappa shape index (κ2) is 7.72. The summed E-state index contributed by atoms with van der Waals surface area (Å²) >= 11 is 0. The molecular formula is C25H25N3O. The Kier molecular flexibility index (Phi) is 4.78. The molecule has 3 aromatic rings. The molecule has 146 valence electrons. The van der Waals surface area contributed by atoms with Gasteiger partial charge in [0.25, 0.3) is 0 Å². The van der Waals surface area contributed by atoms with Gasteiger partial charge in [-0.15, -0.1) is 0 Å². The van der Waals surface area contributed by atoms with Gasteiger partial charge in [0.05, 0.1) is 19.4 Å². The fourth-order valence-electron chi connectivity index (χ4n) is 4.52. The van der Waals surface area contributed by atoms with Crippen LogP contribution in [0.25, 0.3) is 11.1 Å². The van der Waals surface area contributed by atoms with Crippen LogP contribution in [0, 0.1) is 0 Å². The number of para-hydroxylation sites is 1. The molecule has 4 heteroatoms. The van der Waals surface area contributed by atoms with Crippen LogP contribution in [0.3, 0.4) is 0 Å². The number of rotatable bonds is 4. The van der Waals surface area contributed by atoms with Gasteiger partial charge in [-0.05, 0) is 34.4 Å². The quantitative estimate of drug-likeness (QED) is 0.625. The zero-order chi connectivity index (χ0) is 19.6. The van der Waals surface area contributed by atoms with Gasteiger partial charge in [-0.1, -0.05) is 60.7 Å². The maximum absolute atomic E-state index is 5.42. The third-order valence-electron chi connectivity index (χ3n) is 5.96. The van der Waals surface area contributed by atoms with Gasteiger partial charge in [0.1, 0.15) is 5.75 Å². The number of hydrazone groups is 1. The predicted molar refractivity (Wildman–Crippen MR) is 117 cm³/mol. The van der Waals surface area contributed by atoms with Crippen LogP contribution < -0.4 is 4.74 Å². The first-order chi connectivity index (χ1) is 14.3. The summed E-state index contributed by atoms with van der Waals surface area (Å²) in [6.45, 7) is 3.84. The molecule has 0 N–H and O–H groups in total. The molecule has 29 heavy (non-hydrogen) atoms. The van der Waals surface area contributed by atoms with Gasteiger partial charge < -0.3 is 4.74 Å². The zero-order valence-electron chi connectivity index (χ0n) is 16.7. The summed E-state index contributed by atoms with van der Waals surface area (Å²) in [6.07, 6.45) is 1.91. The molecule has 0 radical (unpaired) electrons. The lowest BCUT2D eigenvalue weighted by molar-refractivity contribution is 0.114. The normalized spacial score (nSPS) is 16.8. The van der Waals surface area contributed by atoms with Crippen molar-refractivity contribution in [2.75, 3.05) is 33.3 Å². The highest BCUT2D eigenvalue weighted by Crippen LogP contribution is 2.46. The fraction of sp³-hybridized carbons (Fsp3) is 0.240. The van der Waals surface area contributed by atoms with Crippen LogP contribution in [-0.4, -0.2) is 49.4 Å². The van der Waals surface area contributed by atoms with E-state index in [9.17, 15) is 0 Å². The van der Waals surface area contributed by atoms with Gasteiger partial charge in [0.15, 0.2) is 0 Å². The minimum absolute atomic E-state index is 0.350. The van der Waals surface area contributed by atoms with Crippen molar-refractivity contribution in [2.24, 2.45) is 5.10 Å². The van der Waals surface area contributed by atoms with E-state index in [-0.39, 0.29) is 0 Å². The first kappa shape index (κ1) is 18.0. The molecule has 0 bridgehead atoms. The molecule has 3 aromatic carbocycles. The molecular weight excluding hydrogens is 358 g/mol. The number of piperazine rings is 1. The molecule has 5 rings (SSSR count). The average Bonchev–Trinajstić information content (AvgIpc) is 3.13. The summed E-state index contributed by atoms with van der Waals surface area (Å²) < 4.78 is 5.42. The van der Waals surface area contributed by atoms with Gasteiger partial charge in [0, 0.05) is 31.7 Å². The third-order valence-corrected chi connectivity index (χ3v) is 5.96. The number of methoxy groups -OCH3 is 1. The molecule has 4 nitrogen and oxygen atoms in total. The number of benzene rings is 3. The molecule has 2 aliphatic rings. The van der Waals surface area contributed by atoms with Crippen molar-refractivity contribution in [1.82, 2.24) is 9.91 Å². The first-order valence-electron chi connectivity index (χ1n) is 10.2. The highest BCUT2D eigenvalue weighted by atomic mass is 16.5. The Balaban J connectivity index is 1.32. The molecule has 0 aromatic heterocycles. The second-order valence-electron chi connectivity index (χ2n) is 7.55. The molecule has 0 spiro atoms. The summed E-state index contributed by atoms with van der Waals surface area (Å²) in [5.41, 5.74) is 6.63. The van der Waals surface area contributed by atoms with Crippen LogP contribution in [0.2, 0.25) is 0 Å². The van der Waals surface area contributed by atoms with Crippen molar-refractivity contribution in [3.63, 3.8) is 0 Å². The Bertz CT molecular complexity index is 992. The molecule has 1 saturated heterocycles. The molecule has 0 saturated carbocycles. The van der Waals surface area contributed by atoms with E-state index in [4.69, 9.17) is 9.84 Å². The fourth-order valence-corrected chi connectivity index (χ4v) is 4.52. The van der Waals surface area contributed by atoms with Crippen molar-refractivity contribution in [2.45, 2.75) is 6.04 Å². The van der Waals surface area contributed by atoms with E-state index in [2.05, 4.69) is 58.4 Å². The highest BCUT2D eigenvalue weighted by molar-refractivity contribution is 5.83. The van der Waals surface area contributed by atoms with Gasteiger partial charge >= 0.3 is 0 Å². The summed E-state index contributed by atoms with van der Waals surface area (Å²) in [6, 6.07) is 26.0. The SMILES string of the molecule is COc1ccccc1/C=N\N1CCN(C2c3ccccc3-c3ccccc32)CC1. The van der Waals surface area contributed by atoms with Crippen LogP contribution in [-0.2, 0) is 0 Å². The predicted octanol–water partition coefficient (Wildman–Crippen LogP) is 4.42. The smallest absolute Gasteiger partial charge is 0.127 e. The summed E-state index contributed by atoms with van der Waals surface area (Å²) in [4.78, 5) is 2.60. The van der Waals surface area contributed by atoms with E-state index in [0.717, 1.165) is 37.5 Å². The maximum Gasteiger partial charge on any atom is 0.127 e. The second-order valence-corrected chi connectivity index (χ2v) is 7.55. The number of hydrogen-bond acceptors (Lipinski definition) is 4. The van der Waals surface area contributed by atoms with Crippen molar-refractivity contribution in [3.8, 4) is 16.9 Å². The van der Waals surface area contributed by atoms with E-state index < -0.39 is 0 Å². The van der Waals surface area contributed by atoms with Crippen LogP contribution in [0.1, 0.15) is 22.7 Å². The lowest BCUT2D eigenvalue weighted by Crippen LogP contribution is -2.45. The number of ether oxygens (including phenoxy) is 1. The van der Waals surface area contributed by atoms with E-state index in [0.29, 0.717) is 6.04 Å². The molecule has 0 amide bonds. The van der Waals surface area contributed by atoms with Gasteiger partial charge in [0.2, 0.25) is 0 Å².